The van der Waals surface area contributed by atoms with Crippen molar-refractivity contribution in [3.63, 3.8) is 0 Å². The van der Waals surface area contributed by atoms with Gasteiger partial charge in [-0.3, -0.25) is 4.90 Å². The van der Waals surface area contributed by atoms with Crippen LogP contribution in [0, 0.1) is 17.6 Å². The molecule has 2 aliphatic rings. The monoisotopic (exact) mass is 266 g/mol. The maximum absolute atomic E-state index is 14.1. The van der Waals surface area contributed by atoms with E-state index in [0.29, 0.717) is 11.5 Å². The molecule has 2 nitrogen and oxygen atoms in total. The lowest BCUT2D eigenvalue weighted by Crippen LogP contribution is -2.48. The highest BCUT2D eigenvalue weighted by Crippen LogP contribution is 2.42. The van der Waals surface area contributed by atoms with Gasteiger partial charge in [-0.05, 0) is 24.8 Å². The fraction of sp³-hybridized carbons (Fsp3) is 0.600. The lowest BCUT2D eigenvalue weighted by atomic mass is 9.76. The molecule has 0 bridgehead atoms. The molecule has 1 heterocycles. The summed E-state index contributed by atoms with van der Waals surface area (Å²) in [4.78, 5) is 2.32. The number of hydrogen-bond acceptors (Lipinski definition) is 2. The van der Waals surface area contributed by atoms with Crippen LogP contribution in [0.15, 0.2) is 18.2 Å². The molecule has 19 heavy (non-hydrogen) atoms. The smallest absolute Gasteiger partial charge is 0.163 e. The molecule has 1 aliphatic carbocycles. The number of benzene rings is 1. The van der Waals surface area contributed by atoms with Crippen LogP contribution in [0.25, 0.3) is 0 Å². The van der Waals surface area contributed by atoms with E-state index in [9.17, 15) is 8.78 Å². The normalized spacial score (nSPS) is 23.1. The van der Waals surface area contributed by atoms with E-state index in [-0.39, 0.29) is 6.04 Å². The zero-order valence-electron chi connectivity index (χ0n) is 11.0. The number of halogens is 2. The van der Waals surface area contributed by atoms with E-state index < -0.39 is 11.6 Å². The van der Waals surface area contributed by atoms with Crippen LogP contribution in [0.4, 0.5) is 8.78 Å². The van der Waals surface area contributed by atoms with Crippen LogP contribution in [0.5, 0.6) is 0 Å². The molecule has 1 saturated heterocycles. The Balaban J connectivity index is 1.91. The van der Waals surface area contributed by atoms with Crippen molar-refractivity contribution in [2.75, 3.05) is 26.2 Å². The Morgan fingerprint density at radius 3 is 2.53 bits per heavy atom. The zero-order valence-corrected chi connectivity index (χ0v) is 11.0. The van der Waals surface area contributed by atoms with Crippen LogP contribution < -0.4 is 5.32 Å². The third kappa shape index (κ3) is 2.51. The summed E-state index contributed by atoms with van der Waals surface area (Å²) >= 11 is 0. The fourth-order valence-corrected chi connectivity index (χ4v) is 3.21. The zero-order chi connectivity index (χ0) is 13.2. The summed E-state index contributed by atoms with van der Waals surface area (Å²) in [6.45, 7) is 3.69. The lowest BCUT2D eigenvalue weighted by Gasteiger charge is -2.43. The first-order valence-corrected chi connectivity index (χ1v) is 7.16. The second-order valence-corrected chi connectivity index (χ2v) is 5.56. The van der Waals surface area contributed by atoms with Gasteiger partial charge >= 0.3 is 0 Å². The van der Waals surface area contributed by atoms with Gasteiger partial charge in [0.15, 0.2) is 11.6 Å². The van der Waals surface area contributed by atoms with Gasteiger partial charge in [-0.2, -0.15) is 0 Å². The number of nitrogens with one attached hydrogen (secondary N) is 1. The molecule has 104 valence electrons. The van der Waals surface area contributed by atoms with Crippen molar-refractivity contribution in [2.45, 2.75) is 25.3 Å². The molecule has 0 radical (unpaired) electrons. The first kappa shape index (κ1) is 13.0. The van der Waals surface area contributed by atoms with E-state index in [4.69, 9.17) is 0 Å². The van der Waals surface area contributed by atoms with Gasteiger partial charge in [-0.1, -0.05) is 18.6 Å². The SMILES string of the molecule is Fc1cccc([C@H](C2CCC2)N2CCNCC2)c1F. The summed E-state index contributed by atoms with van der Waals surface area (Å²) in [7, 11) is 0. The van der Waals surface area contributed by atoms with Gasteiger partial charge in [0.2, 0.25) is 0 Å². The minimum absolute atomic E-state index is 0.0477. The van der Waals surface area contributed by atoms with Crippen LogP contribution in [-0.2, 0) is 0 Å². The molecule has 1 aromatic carbocycles. The molecule has 4 heteroatoms. The molecule has 2 fully saturated rings. The third-order valence-electron chi connectivity index (χ3n) is 4.44. The summed E-state index contributed by atoms with van der Waals surface area (Å²) in [6, 6.07) is 4.63. The molecule has 1 saturated carbocycles. The molecule has 0 unspecified atom stereocenters. The van der Waals surface area contributed by atoms with Crippen molar-refractivity contribution in [3.8, 4) is 0 Å². The van der Waals surface area contributed by atoms with Crippen LogP contribution in [-0.4, -0.2) is 31.1 Å². The van der Waals surface area contributed by atoms with Crippen molar-refractivity contribution >= 4 is 0 Å². The lowest BCUT2D eigenvalue weighted by molar-refractivity contribution is 0.0807. The van der Waals surface area contributed by atoms with Crippen molar-refractivity contribution in [2.24, 2.45) is 5.92 Å². The Labute approximate surface area is 112 Å². The summed E-state index contributed by atoms with van der Waals surface area (Å²) in [6.07, 6.45) is 3.47. The summed E-state index contributed by atoms with van der Waals surface area (Å²) in [5.41, 5.74) is 0.548. The quantitative estimate of drug-likeness (QED) is 0.905. The van der Waals surface area contributed by atoms with Crippen molar-refractivity contribution < 1.29 is 8.78 Å². The van der Waals surface area contributed by atoms with Gasteiger partial charge in [-0.25, -0.2) is 8.78 Å². The second-order valence-electron chi connectivity index (χ2n) is 5.56. The van der Waals surface area contributed by atoms with E-state index in [0.717, 1.165) is 39.0 Å². The van der Waals surface area contributed by atoms with Crippen LogP contribution in [0.2, 0.25) is 0 Å². The maximum atomic E-state index is 14.1. The van der Waals surface area contributed by atoms with E-state index in [1.54, 1.807) is 12.1 Å². The number of rotatable bonds is 3. The largest absolute Gasteiger partial charge is 0.314 e. The molecule has 1 N–H and O–H groups in total. The summed E-state index contributed by atoms with van der Waals surface area (Å²) in [5.74, 6) is -0.899. The van der Waals surface area contributed by atoms with Gasteiger partial charge in [0.25, 0.3) is 0 Å². The van der Waals surface area contributed by atoms with Gasteiger partial charge in [0.1, 0.15) is 0 Å². The van der Waals surface area contributed by atoms with Gasteiger partial charge in [-0.15, -0.1) is 0 Å². The third-order valence-corrected chi connectivity index (χ3v) is 4.44. The first-order valence-electron chi connectivity index (χ1n) is 7.16. The predicted molar refractivity (Wildman–Crippen MR) is 70.9 cm³/mol. The number of hydrogen-bond donors (Lipinski definition) is 1. The Kier molecular flexibility index (Phi) is 3.80. The standard InChI is InChI=1S/C15H20F2N2/c16-13-6-2-5-12(14(13)17)15(11-3-1-4-11)19-9-7-18-8-10-19/h2,5-6,11,15,18H,1,3-4,7-10H2/t15-/m0/s1. The Bertz CT molecular complexity index is 440. The molecule has 1 atom stereocenters. The Morgan fingerprint density at radius 2 is 1.89 bits per heavy atom. The highest BCUT2D eigenvalue weighted by Gasteiger charge is 2.35. The molecule has 0 spiro atoms. The molecule has 1 aromatic rings. The highest BCUT2D eigenvalue weighted by molar-refractivity contribution is 5.24. The van der Waals surface area contributed by atoms with Crippen LogP contribution in [0.1, 0.15) is 30.9 Å². The topological polar surface area (TPSA) is 15.3 Å². The minimum Gasteiger partial charge on any atom is -0.314 e. The molecule has 1 aliphatic heterocycles. The maximum Gasteiger partial charge on any atom is 0.163 e. The molecule has 0 aromatic heterocycles. The minimum atomic E-state index is -0.725. The second kappa shape index (κ2) is 5.55. The van der Waals surface area contributed by atoms with Gasteiger partial charge < -0.3 is 5.32 Å². The summed E-state index contributed by atoms with van der Waals surface area (Å²) < 4.78 is 27.6. The van der Waals surface area contributed by atoms with Gasteiger partial charge in [0.05, 0.1) is 0 Å². The highest BCUT2D eigenvalue weighted by atomic mass is 19.2. The Hall–Kier alpha value is -1.00. The average molecular weight is 266 g/mol. The van der Waals surface area contributed by atoms with E-state index in [1.165, 1.54) is 12.5 Å². The number of piperazine rings is 1. The van der Waals surface area contributed by atoms with E-state index >= 15 is 0 Å². The van der Waals surface area contributed by atoms with Crippen LogP contribution >= 0.6 is 0 Å². The molecule has 3 rings (SSSR count). The van der Waals surface area contributed by atoms with Crippen molar-refractivity contribution in [3.05, 3.63) is 35.4 Å². The van der Waals surface area contributed by atoms with E-state index in [2.05, 4.69) is 10.2 Å². The molecular weight excluding hydrogens is 246 g/mol. The molecular formula is C15H20F2N2. The van der Waals surface area contributed by atoms with Crippen molar-refractivity contribution in [1.82, 2.24) is 10.2 Å². The predicted octanol–water partition coefficient (Wildman–Crippen LogP) is 2.71. The summed E-state index contributed by atoms with van der Waals surface area (Å²) in [5, 5.41) is 3.31. The number of nitrogens with zero attached hydrogens (tertiary/aromatic N) is 1. The van der Waals surface area contributed by atoms with Crippen molar-refractivity contribution in [1.29, 1.82) is 0 Å². The van der Waals surface area contributed by atoms with Gasteiger partial charge in [0, 0.05) is 37.8 Å². The Morgan fingerprint density at radius 1 is 1.16 bits per heavy atom. The fourth-order valence-electron chi connectivity index (χ4n) is 3.21. The van der Waals surface area contributed by atoms with E-state index in [1.807, 2.05) is 0 Å². The average Bonchev–Trinajstić information content (AvgIpc) is 2.38. The molecule has 0 amide bonds. The van der Waals surface area contributed by atoms with Crippen LogP contribution in [0.3, 0.4) is 0 Å². The first-order chi connectivity index (χ1) is 9.27.